The molecule has 0 spiro atoms. The fourth-order valence-corrected chi connectivity index (χ4v) is 7.14. The molecule has 222 valence electrons. The number of fused-ring (bicyclic) bond motifs is 1. The third-order valence-electron chi connectivity index (χ3n) is 9.90. The minimum Gasteiger partial charge on any atom is -0.485 e. The van der Waals surface area contributed by atoms with Crippen LogP contribution in [0.25, 0.3) is 11.1 Å². The molecule has 3 aliphatic rings. The molecule has 42 heavy (non-hydrogen) atoms. The summed E-state index contributed by atoms with van der Waals surface area (Å²) in [7, 11) is 1.54. The average molecular weight is 573 g/mol. The number of likely N-dealkylation sites (tertiary alicyclic amines) is 1. The van der Waals surface area contributed by atoms with E-state index in [1.54, 1.807) is 13.2 Å². The molecule has 4 atom stereocenters. The highest BCUT2D eigenvalue weighted by molar-refractivity contribution is 5.71. The summed E-state index contributed by atoms with van der Waals surface area (Å²) in [4.78, 5) is 18.5. The van der Waals surface area contributed by atoms with Gasteiger partial charge in [-0.25, -0.2) is 9.37 Å². The van der Waals surface area contributed by atoms with Crippen molar-refractivity contribution < 1.29 is 23.8 Å². The lowest BCUT2D eigenvalue weighted by molar-refractivity contribution is -0.142. The van der Waals surface area contributed by atoms with E-state index in [9.17, 15) is 9.90 Å². The smallest absolute Gasteiger partial charge is 0.306 e. The van der Waals surface area contributed by atoms with E-state index in [2.05, 4.69) is 47.1 Å². The van der Waals surface area contributed by atoms with Crippen LogP contribution in [-0.2, 0) is 17.8 Å². The minimum atomic E-state index is -0.744. The monoisotopic (exact) mass is 572 g/mol. The highest BCUT2D eigenvalue weighted by atomic mass is 19.1. The van der Waals surface area contributed by atoms with Gasteiger partial charge in [0.1, 0.15) is 17.7 Å². The molecule has 6 nitrogen and oxygen atoms in total. The number of carboxylic acid groups (broad SMARTS) is 1. The molecule has 0 bridgehead atoms. The normalized spacial score (nSPS) is 22.1. The summed E-state index contributed by atoms with van der Waals surface area (Å²) in [5, 5.41) is 9.84. The van der Waals surface area contributed by atoms with Crippen LogP contribution in [0.2, 0.25) is 0 Å². The Morgan fingerprint density at radius 1 is 1.12 bits per heavy atom. The summed E-state index contributed by atoms with van der Waals surface area (Å²) in [6.07, 6.45) is 8.50. The van der Waals surface area contributed by atoms with Gasteiger partial charge in [0, 0.05) is 24.2 Å². The lowest BCUT2D eigenvalue weighted by Crippen LogP contribution is -2.30. The molecule has 2 aromatic carbocycles. The minimum absolute atomic E-state index is 0.00823. The van der Waals surface area contributed by atoms with E-state index in [0.29, 0.717) is 23.4 Å². The van der Waals surface area contributed by atoms with Crippen molar-refractivity contribution in [3.63, 3.8) is 0 Å². The summed E-state index contributed by atoms with van der Waals surface area (Å²) in [5.41, 5.74) is 5.71. The van der Waals surface area contributed by atoms with Crippen molar-refractivity contribution in [2.45, 2.75) is 83.4 Å². The molecule has 1 aliphatic carbocycles. The first kappa shape index (κ1) is 28.7. The van der Waals surface area contributed by atoms with Crippen LogP contribution < -0.4 is 9.47 Å². The molecule has 7 heteroatoms. The second-order valence-corrected chi connectivity index (χ2v) is 12.4. The van der Waals surface area contributed by atoms with E-state index < -0.39 is 11.9 Å². The Balaban J connectivity index is 1.32. The summed E-state index contributed by atoms with van der Waals surface area (Å²) in [6, 6.07) is 14.8. The number of halogens is 1. The maximum absolute atomic E-state index is 15.1. The molecule has 3 aromatic rings. The van der Waals surface area contributed by atoms with E-state index in [-0.39, 0.29) is 17.8 Å². The first-order valence-corrected chi connectivity index (χ1v) is 15.4. The van der Waals surface area contributed by atoms with Gasteiger partial charge in [-0.15, -0.1) is 0 Å². The molecule has 1 saturated heterocycles. The predicted molar refractivity (Wildman–Crippen MR) is 160 cm³/mol. The summed E-state index contributed by atoms with van der Waals surface area (Å²) in [5.74, 6) is 0.0848. The van der Waals surface area contributed by atoms with Gasteiger partial charge in [-0.05, 0) is 97.7 Å². The quantitative estimate of drug-likeness (QED) is 0.285. The zero-order valence-electron chi connectivity index (χ0n) is 24.8. The number of aromatic nitrogens is 1. The number of carbonyl (C=O) groups is 1. The second-order valence-electron chi connectivity index (χ2n) is 12.4. The van der Waals surface area contributed by atoms with Crippen LogP contribution in [-0.4, -0.2) is 40.7 Å². The topological polar surface area (TPSA) is 71.9 Å². The fourth-order valence-electron chi connectivity index (χ4n) is 7.14. The van der Waals surface area contributed by atoms with Gasteiger partial charge in [0.25, 0.3) is 0 Å². The number of benzene rings is 2. The molecule has 6 rings (SSSR count). The molecule has 3 unspecified atom stereocenters. The number of methoxy groups -OCH3 is 1. The van der Waals surface area contributed by atoms with Gasteiger partial charge in [-0.2, -0.15) is 0 Å². The maximum atomic E-state index is 15.1. The zero-order chi connectivity index (χ0) is 29.4. The van der Waals surface area contributed by atoms with E-state index in [0.717, 1.165) is 66.8 Å². The van der Waals surface area contributed by atoms with Crippen molar-refractivity contribution in [1.82, 2.24) is 9.88 Å². The van der Waals surface area contributed by atoms with Crippen LogP contribution >= 0.6 is 0 Å². The van der Waals surface area contributed by atoms with Gasteiger partial charge in [0.2, 0.25) is 5.88 Å². The third-order valence-corrected chi connectivity index (χ3v) is 9.90. The lowest BCUT2D eigenvalue weighted by Gasteiger charge is -2.37. The SMILES string of the molecule is COc1cc(-c2ccc(C3CCc4ccc(C(C5CCC5)[C@H](C)C(=O)O)cc4O3)cc2CN2CCCC2C)c(F)cn1. The molecule has 1 aromatic heterocycles. The van der Waals surface area contributed by atoms with Crippen molar-refractivity contribution in [3.05, 3.63) is 76.7 Å². The van der Waals surface area contributed by atoms with Crippen LogP contribution in [0, 0.1) is 17.7 Å². The average Bonchev–Trinajstić information content (AvgIpc) is 3.38. The predicted octanol–water partition coefficient (Wildman–Crippen LogP) is 7.55. The van der Waals surface area contributed by atoms with E-state index in [1.165, 1.54) is 31.0 Å². The first-order valence-electron chi connectivity index (χ1n) is 15.4. The van der Waals surface area contributed by atoms with Crippen LogP contribution in [0.15, 0.2) is 48.7 Å². The van der Waals surface area contributed by atoms with Gasteiger partial charge < -0.3 is 14.6 Å². The van der Waals surface area contributed by atoms with Crippen molar-refractivity contribution in [3.8, 4) is 22.8 Å². The maximum Gasteiger partial charge on any atom is 0.306 e. The number of ether oxygens (including phenoxy) is 2. The first-order chi connectivity index (χ1) is 20.3. The molecule has 1 N–H and O–H groups in total. The molecule has 0 amide bonds. The zero-order valence-corrected chi connectivity index (χ0v) is 24.8. The van der Waals surface area contributed by atoms with E-state index >= 15 is 4.39 Å². The van der Waals surface area contributed by atoms with Gasteiger partial charge in [0.05, 0.1) is 19.2 Å². The van der Waals surface area contributed by atoms with Crippen molar-refractivity contribution in [2.75, 3.05) is 13.7 Å². The Bertz CT molecular complexity index is 1450. The Morgan fingerprint density at radius 3 is 2.64 bits per heavy atom. The number of pyridine rings is 1. The van der Waals surface area contributed by atoms with Crippen molar-refractivity contribution in [1.29, 1.82) is 0 Å². The largest absolute Gasteiger partial charge is 0.485 e. The Labute approximate surface area is 247 Å². The summed E-state index contributed by atoms with van der Waals surface area (Å²) < 4.78 is 27.1. The van der Waals surface area contributed by atoms with Crippen molar-refractivity contribution in [2.24, 2.45) is 11.8 Å². The molecule has 2 fully saturated rings. The Hall–Kier alpha value is -3.45. The Morgan fingerprint density at radius 2 is 1.95 bits per heavy atom. The summed E-state index contributed by atoms with van der Waals surface area (Å²) >= 11 is 0. The molecule has 0 radical (unpaired) electrons. The second kappa shape index (κ2) is 12.0. The number of aliphatic carboxylic acids is 1. The fraction of sp³-hybridized carbons (Fsp3) is 0.486. The van der Waals surface area contributed by atoms with Crippen LogP contribution in [0.5, 0.6) is 11.6 Å². The number of rotatable bonds is 9. The third kappa shape index (κ3) is 5.63. The van der Waals surface area contributed by atoms with Crippen LogP contribution in [0.1, 0.15) is 86.6 Å². The van der Waals surface area contributed by atoms with Gasteiger partial charge in [0.15, 0.2) is 0 Å². The highest BCUT2D eigenvalue weighted by Crippen LogP contribution is 2.46. The number of hydrogen-bond acceptors (Lipinski definition) is 5. The van der Waals surface area contributed by atoms with Gasteiger partial charge in [-0.3, -0.25) is 9.69 Å². The standard InChI is InChI=1S/C35H41FN2O4/c1-21-6-5-15-38(21)20-27-16-25(11-13-28(27)29-18-33(41-3)37-19-30(29)36)31-14-12-23-9-10-26(17-32(23)42-31)34(22(2)35(39)40)24-7-4-8-24/h9-11,13,16-19,21-22,24,31,34H,4-8,12,14-15,20H2,1-3H3,(H,39,40)/t21?,22-,31?,34?/m0/s1. The van der Waals surface area contributed by atoms with Crippen LogP contribution in [0.3, 0.4) is 0 Å². The Kier molecular flexibility index (Phi) is 8.22. The number of nitrogens with zero attached hydrogens (tertiary/aromatic N) is 2. The van der Waals surface area contributed by atoms with Gasteiger partial charge in [-0.1, -0.05) is 43.7 Å². The number of hydrogen-bond donors (Lipinski definition) is 1. The van der Waals surface area contributed by atoms with E-state index in [4.69, 9.17) is 9.47 Å². The van der Waals surface area contributed by atoms with Crippen molar-refractivity contribution >= 4 is 5.97 Å². The number of aryl methyl sites for hydroxylation is 1. The number of carboxylic acids is 1. The lowest BCUT2D eigenvalue weighted by atomic mass is 9.68. The molecular formula is C35H41FN2O4. The molecular weight excluding hydrogens is 531 g/mol. The highest BCUT2D eigenvalue weighted by Gasteiger charge is 2.36. The van der Waals surface area contributed by atoms with Gasteiger partial charge >= 0.3 is 5.97 Å². The summed E-state index contributed by atoms with van der Waals surface area (Å²) in [6.45, 7) is 5.85. The molecule has 3 heterocycles. The van der Waals surface area contributed by atoms with Crippen LogP contribution in [0.4, 0.5) is 4.39 Å². The van der Waals surface area contributed by atoms with E-state index in [1.807, 2.05) is 13.0 Å². The molecule has 2 aliphatic heterocycles. The molecule has 1 saturated carbocycles.